The van der Waals surface area contributed by atoms with Crippen LogP contribution in [0.1, 0.15) is 53.0 Å². The van der Waals surface area contributed by atoms with Crippen LogP contribution < -0.4 is 14.8 Å². The molecule has 0 saturated carbocycles. The Bertz CT molecular complexity index is 406. The van der Waals surface area contributed by atoms with E-state index in [4.69, 9.17) is 9.47 Å². The number of ether oxygens (including phenoxy) is 2. The van der Waals surface area contributed by atoms with E-state index in [0.29, 0.717) is 0 Å². The Labute approximate surface area is 123 Å². The molecule has 0 amide bonds. The normalized spacial score (nSPS) is 11.8. The fourth-order valence-corrected chi connectivity index (χ4v) is 1.98. The van der Waals surface area contributed by atoms with Gasteiger partial charge in [-0.2, -0.15) is 0 Å². The summed E-state index contributed by atoms with van der Waals surface area (Å²) in [6.07, 6.45) is 2.24. The summed E-state index contributed by atoms with van der Waals surface area (Å²) in [7, 11) is 1.69. The lowest BCUT2D eigenvalue weighted by Gasteiger charge is -2.24. The average Bonchev–Trinajstić information content (AvgIpc) is 2.41. The number of hydrogen-bond acceptors (Lipinski definition) is 3. The van der Waals surface area contributed by atoms with E-state index in [-0.39, 0.29) is 11.6 Å². The first-order valence-electron chi connectivity index (χ1n) is 7.48. The summed E-state index contributed by atoms with van der Waals surface area (Å²) in [5.41, 5.74) is 1.22. The van der Waals surface area contributed by atoms with E-state index in [1.807, 2.05) is 12.1 Å². The minimum absolute atomic E-state index is 0.0786. The van der Waals surface area contributed by atoms with Crippen molar-refractivity contribution in [1.29, 1.82) is 0 Å². The third-order valence-electron chi connectivity index (χ3n) is 3.28. The van der Waals surface area contributed by atoms with Gasteiger partial charge in [0, 0.05) is 17.6 Å². The Morgan fingerprint density at radius 1 is 1.15 bits per heavy atom. The highest BCUT2D eigenvalue weighted by atomic mass is 16.5. The number of nitrogens with one attached hydrogen (secondary N) is 1. The Balaban J connectivity index is 2.97. The standard InChI is InChI=1S/C17H29NO2/c1-7-14(8-2)20-16-13(12-18-17(3,4)5)10-9-11-15(16)19-6/h9-11,14,18H,7-8,12H2,1-6H3. The van der Waals surface area contributed by atoms with Crippen LogP contribution in [0, 0.1) is 0 Å². The summed E-state index contributed by atoms with van der Waals surface area (Å²) in [4.78, 5) is 0. The number of rotatable bonds is 7. The molecule has 0 spiro atoms. The smallest absolute Gasteiger partial charge is 0.166 e. The monoisotopic (exact) mass is 279 g/mol. The number of hydrogen-bond donors (Lipinski definition) is 1. The molecular weight excluding hydrogens is 250 g/mol. The zero-order chi connectivity index (χ0) is 15.2. The van der Waals surface area contributed by atoms with Gasteiger partial charge < -0.3 is 14.8 Å². The van der Waals surface area contributed by atoms with Gasteiger partial charge in [-0.1, -0.05) is 26.0 Å². The molecule has 1 aromatic rings. The zero-order valence-electron chi connectivity index (χ0n) is 13.7. The van der Waals surface area contributed by atoms with Gasteiger partial charge >= 0.3 is 0 Å². The third-order valence-corrected chi connectivity index (χ3v) is 3.28. The molecular formula is C17H29NO2. The molecule has 0 saturated heterocycles. The first kappa shape index (κ1) is 16.8. The molecule has 0 aliphatic heterocycles. The molecule has 1 aromatic carbocycles. The van der Waals surface area contributed by atoms with E-state index >= 15 is 0 Å². The summed E-state index contributed by atoms with van der Waals surface area (Å²) in [5.74, 6) is 1.69. The van der Waals surface area contributed by atoms with E-state index < -0.39 is 0 Å². The highest BCUT2D eigenvalue weighted by molar-refractivity contribution is 5.46. The van der Waals surface area contributed by atoms with Crippen molar-refractivity contribution in [3.05, 3.63) is 23.8 Å². The first-order chi connectivity index (χ1) is 9.41. The molecule has 3 nitrogen and oxygen atoms in total. The number of benzene rings is 1. The average molecular weight is 279 g/mol. The first-order valence-corrected chi connectivity index (χ1v) is 7.48. The van der Waals surface area contributed by atoms with Crippen molar-refractivity contribution in [3.63, 3.8) is 0 Å². The molecule has 114 valence electrons. The second-order valence-electron chi connectivity index (χ2n) is 6.11. The van der Waals surface area contributed by atoms with Crippen molar-refractivity contribution in [2.24, 2.45) is 0 Å². The summed E-state index contributed by atoms with van der Waals surface area (Å²) in [5, 5.41) is 3.50. The third kappa shape index (κ3) is 5.04. The van der Waals surface area contributed by atoms with Crippen LogP contribution in [-0.4, -0.2) is 18.8 Å². The van der Waals surface area contributed by atoms with Crippen LogP contribution in [0.15, 0.2) is 18.2 Å². The van der Waals surface area contributed by atoms with Crippen LogP contribution in [0.4, 0.5) is 0 Å². The topological polar surface area (TPSA) is 30.5 Å². The Morgan fingerprint density at radius 3 is 2.30 bits per heavy atom. The maximum absolute atomic E-state index is 6.17. The molecule has 0 radical (unpaired) electrons. The van der Waals surface area contributed by atoms with Crippen LogP contribution in [0.2, 0.25) is 0 Å². The minimum Gasteiger partial charge on any atom is -0.493 e. The van der Waals surface area contributed by atoms with Gasteiger partial charge in [-0.05, 0) is 39.7 Å². The van der Waals surface area contributed by atoms with Crippen molar-refractivity contribution in [2.45, 2.75) is 65.6 Å². The Hall–Kier alpha value is -1.22. The molecule has 1 N–H and O–H groups in total. The molecule has 0 aromatic heterocycles. The van der Waals surface area contributed by atoms with Crippen LogP contribution in [-0.2, 0) is 6.54 Å². The van der Waals surface area contributed by atoms with E-state index in [0.717, 1.165) is 36.4 Å². The molecule has 0 bridgehead atoms. The summed E-state index contributed by atoms with van der Waals surface area (Å²) < 4.78 is 11.6. The SMILES string of the molecule is CCC(CC)Oc1c(CNC(C)(C)C)cccc1OC. The van der Waals surface area contributed by atoms with Gasteiger partial charge in [-0.3, -0.25) is 0 Å². The second kappa shape index (κ2) is 7.53. The quantitative estimate of drug-likeness (QED) is 0.813. The van der Waals surface area contributed by atoms with Gasteiger partial charge in [0.1, 0.15) is 0 Å². The largest absolute Gasteiger partial charge is 0.493 e. The predicted molar refractivity (Wildman–Crippen MR) is 84.6 cm³/mol. The minimum atomic E-state index is 0.0786. The van der Waals surface area contributed by atoms with E-state index in [9.17, 15) is 0 Å². The van der Waals surface area contributed by atoms with Gasteiger partial charge in [-0.15, -0.1) is 0 Å². The van der Waals surface area contributed by atoms with Crippen molar-refractivity contribution in [3.8, 4) is 11.5 Å². The fraction of sp³-hybridized carbons (Fsp3) is 0.647. The lowest BCUT2D eigenvalue weighted by atomic mass is 10.1. The molecule has 0 aliphatic rings. The predicted octanol–water partition coefficient (Wildman–Crippen LogP) is 4.15. The van der Waals surface area contributed by atoms with Crippen LogP contribution in [0.3, 0.4) is 0 Å². The summed E-state index contributed by atoms with van der Waals surface area (Å²) >= 11 is 0. The molecule has 0 atom stereocenters. The molecule has 0 aliphatic carbocycles. The maximum Gasteiger partial charge on any atom is 0.166 e. The highest BCUT2D eigenvalue weighted by Gasteiger charge is 2.16. The molecule has 20 heavy (non-hydrogen) atoms. The lowest BCUT2D eigenvalue weighted by molar-refractivity contribution is 0.182. The second-order valence-corrected chi connectivity index (χ2v) is 6.11. The van der Waals surface area contributed by atoms with Gasteiger partial charge in [0.25, 0.3) is 0 Å². The van der Waals surface area contributed by atoms with Gasteiger partial charge in [0.05, 0.1) is 13.2 Å². The van der Waals surface area contributed by atoms with Crippen LogP contribution >= 0.6 is 0 Å². The molecule has 3 heteroatoms. The van der Waals surface area contributed by atoms with Crippen LogP contribution in [0.25, 0.3) is 0 Å². The Kier molecular flexibility index (Phi) is 6.34. The maximum atomic E-state index is 6.17. The van der Waals surface area contributed by atoms with E-state index in [1.165, 1.54) is 0 Å². The molecule has 0 unspecified atom stereocenters. The molecule has 1 rings (SSSR count). The summed E-state index contributed by atoms with van der Waals surface area (Å²) in [6, 6.07) is 6.07. The zero-order valence-corrected chi connectivity index (χ0v) is 13.7. The molecule has 0 heterocycles. The van der Waals surface area contributed by atoms with Gasteiger partial charge in [0.2, 0.25) is 0 Å². The Morgan fingerprint density at radius 2 is 1.80 bits per heavy atom. The number of methoxy groups -OCH3 is 1. The summed E-state index contributed by atoms with van der Waals surface area (Å²) in [6.45, 7) is 11.6. The fourth-order valence-electron chi connectivity index (χ4n) is 1.98. The molecule has 0 fully saturated rings. The highest BCUT2D eigenvalue weighted by Crippen LogP contribution is 2.33. The van der Waals surface area contributed by atoms with Crippen molar-refractivity contribution in [1.82, 2.24) is 5.32 Å². The van der Waals surface area contributed by atoms with E-state index in [1.54, 1.807) is 7.11 Å². The van der Waals surface area contributed by atoms with Crippen molar-refractivity contribution >= 4 is 0 Å². The van der Waals surface area contributed by atoms with Crippen molar-refractivity contribution < 1.29 is 9.47 Å². The number of para-hydroxylation sites is 1. The lowest BCUT2D eigenvalue weighted by Crippen LogP contribution is -2.35. The van der Waals surface area contributed by atoms with Gasteiger partial charge in [-0.25, -0.2) is 0 Å². The van der Waals surface area contributed by atoms with Crippen LogP contribution in [0.5, 0.6) is 11.5 Å². The van der Waals surface area contributed by atoms with Gasteiger partial charge in [0.15, 0.2) is 11.5 Å². The van der Waals surface area contributed by atoms with Crippen molar-refractivity contribution in [2.75, 3.05) is 7.11 Å². The van der Waals surface area contributed by atoms with E-state index in [2.05, 4.69) is 46.0 Å².